The molecule has 1 aromatic rings. The highest BCUT2D eigenvalue weighted by Crippen LogP contribution is 2.29. The van der Waals surface area contributed by atoms with Gasteiger partial charge in [0.15, 0.2) is 5.78 Å². The summed E-state index contributed by atoms with van der Waals surface area (Å²) in [6, 6.07) is 4.33. The Balaban J connectivity index is 2.54. The number of hydrogen-bond acceptors (Lipinski definition) is 1. The zero-order valence-electron chi connectivity index (χ0n) is 9.77. The average molecular weight is 279 g/mol. The van der Waals surface area contributed by atoms with Crippen LogP contribution in [0.5, 0.6) is 0 Å². The number of benzene rings is 1. The summed E-state index contributed by atoms with van der Waals surface area (Å²) in [5, 5.41) is 0. The van der Waals surface area contributed by atoms with Gasteiger partial charge in [0.1, 0.15) is 0 Å². The first-order chi connectivity index (χ1) is 8.45. The fourth-order valence-electron chi connectivity index (χ4n) is 1.55. The summed E-state index contributed by atoms with van der Waals surface area (Å²) in [5.41, 5.74) is -0.407. The Labute approximate surface area is 109 Å². The van der Waals surface area contributed by atoms with Crippen LogP contribution in [0.25, 0.3) is 0 Å². The number of carbonyl (C=O) groups excluding carboxylic acids is 1. The van der Waals surface area contributed by atoms with Gasteiger partial charge in [-0.05, 0) is 25.0 Å². The van der Waals surface area contributed by atoms with Gasteiger partial charge in [0, 0.05) is 17.9 Å². The summed E-state index contributed by atoms with van der Waals surface area (Å²) < 4.78 is 36.9. The van der Waals surface area contributed by atoms with Crippen LogP contribution in [0.3, 0.4) is 0 Å². The van der Waals surface area contributed by atoms with Gasteiger partial charge in [0.05, 0.1) is 5.56 Å². The Morgan fingerprint density at radius 3 is 2.17 bits per heavy atom. The summed E-state index contributed by atoms with van der Waals surface area (Å²) >= 11 is 5.50. The van der Waals surface area contributed by atoms with Crippen LogP contribution in [0.4, 0.5) is 13.2 Å². The Hall–Kier alpha value is -1.03. The van der Waals surface area contributed by atoms with Gasteiger partial charge in [-0.15, -0.1) is 11.6 Å². The highest BCUT2D eigenvalue weighted by atomic mass is 35.5. The lowest BCUT2D eigenvalue weighted by atomic mass is 10.0. The molecule has 0 radical (unpaired) electrons. The number of ketones is 1. The molecule has 0 fully saturated rings. The van der Waals surface area contributed by atoms with Crippen molar-refractivity contribution >= 4 is 17.4 Å². The molecule has 0 amide bonds. The third kappa shape index (κ3) is 4.69. The van der Waals surface area contributed by atoms with Crippen LogP contribution in [-0.4, -0.2) is 11.7 Å². The Morgan fingerprint density at radius 2 is 1.67 bits per heavy atom. The van der Waals surface area contributed by atoms with Crippen molar-refractivity contribution in [1.29, 1.82) is 0 Å². The summed E-state index contributed by atoms with van der Waals surface area (Å²) in [6.45, 7) is 0. The van der Waals surface area contributed by atoms with Gasteiger partial charge >= 0.3 is 6.18 Å². The first-order valence-electron chi connectivity index (χ1n) is 5.71. The van der Waals surface area contributed by atoms with E-state index in [1.807, 2.05) is 0 Å². The van der Waals surface area contributed by atoms with E-state index in [-0.39, 0.29) is 5.78 Å². The lowest BCUT2D eigenvalue weighted by molar-refractivity contribution is -0.137. The van der Waals surface area contributed by atoms with Gasteiger partial charge in [-0.1, -0.05) is 18.6 Å². The van der Waals surface area contributed by atoms with E-state index < -0.39 is 11.7 Å². The van der Waals surface area contributed by atoms with Crippen molar-refractivity contribution in [2.75, 3.05) is 5.88 Å². The molecule has 18 heavy (non-hydrogen) atoms. The molecule has 0 unspecified atom stereocenters. The molecular weight excluding hydrogens is 265 g/mol. The highest BCUT2D eigenvalue weighted by molar-refractivity contribution is 6.17. The third-order valence-corrected chi connectivity index (χ3v) is 2.84. The lowest BCUT2D eigenvalue weighted by Crippen LogP contribution is -2.06. The van der Waals surface area contributed by atoms with Crippen LogP contribution in [0.1, 0.15) is 41.6 Å². The van der Waals surface area contributed by atoms with E-state index in [2.05, 4.69) is 0 Å². The second kappa shape index (κ2) is 6.78. The molecule has 0 bridgehead atoms. The summed E-state index contributed by atoms with van der Waals surface area (Å²) in [7, 11) is 0. The maximum atomic E-state index is 12.3. The number of unbranched alkanes of at least 4 members (excludes halogenated alkanes) is 2. The van der Waals surface area contributed by atoms with Crippen LogP contribution in [-0.2, 0) is 6.18 Å². The number of hydrogen-bond donors (Lipinski definition) is 0. The molecule has 0 atom stereocenters. The standard InChI is InChI=1S/C13H14ClF3O/c14-9-3-1-2-4-12(18)10-5-7-11(8-6-10)13(15,16)17/h5-8H,1-4,9H2. The van der Waals surface area contributed by atoms with Crippen LogP contribution < -0.4 is 0 Å². The van der Waals surface area contributed by atoms with Crippen LogP contribution in [0.2, 0.25) is 0 Å². The van der Waals surface area contributed by atoms with Crippen molar-refractivity contribution in [2.45, 2.75) is 31.9 Å². The minimum atomic E-state index is -4.36. The second-order valence-electron chi connectivity index (χ2n) is 4.00. The largest absolute Gasteiger partial charge is 0.416 e. The lowest BCUT2D eigenvalue weighted by Gasteiger charge is -2.07. The minimum absolute atomic E-state index is 0.127. The molecule has 0 aliphatic rings. The van der Waals surface area contributed by atoms with Crippen LogP contribution in [0, 0.1) is 0 Å². The molecule has 1 rings (SSSR count). The van der Waals surface area contributed by atoms with E-state index >= 15 is 0 Å². The zero-order chi connectivity index (χ0) is 13.6. The molecule has 0 saturated carbocycles. The van der Waals surface area contributed by atoms with E-state index in [9.17, 15) is 18.0 Å². The van der Waals surface area contributed by atoms with Crippen LogP contribution >= 0.6 is 11.6 Å². The summed E-state index contributed by atoms with van der Waals surface area (Å²) in [5.74, 6) is 0.437. The molecule has 0 N–H and O–H groups in total. The number of rotatable bonds is 6. The van der Waals surface area contributed by atoms with Crippen molar-refractivity contribution in [3.05, 3.63) is 35.4 Å². The first-order valence-corrected chi connectivity index (χ1v) is 6.25. The molecule has 100 valence electrons. The molecule has 0 spiro atoms. The van der Waals surface area contributed by atoms with Gasteiger partial charge in [0.2, 0.25) is 0 Å². The normalized spacial score (nSPS) is 11.6. The molecule has 1 nitrogen and oxygen atoms in total. The molecule has 0 aliphatic heterocycles. The SMILES string of the molecule is O=C(CCCCCCl)c1ccc(C(F)(F)F)cc1. The quantitative estimate of drug-likeness (QED) is 0.419. The molecule has 0 saturated heterocycles. The number of carbonyl (C=O) groups is 1. The van der Waals surface area contributed by atoms with E-state index in [4.69, 9.17) is 11.6 Å². The summed E-state index contributed by atoms with van der Waals surface area (Å²) in [4.78, 5) is 11.7. The van der Waals surface area contributed by atoms with E-state index in [0.717, 1.165) is 25.0 Å². The predicted octanol–water partition coefficient (Wildman–Crippen LogP) is 4.69. The molecule has 0 aromatic heterocycles. The second-order valence-corrected chi connectivity index (χ2v) is 4.38. The van der Waals surface area contributed by atoms with E-state index in [0.29, 0.717) is 24.3 Å². The molecule has 5 heteroatoms. The molecule has 0 heterocycles. The Bertz CT molecular complexity index is 384. The van der Waals surface area contributed by atoms with Crippen molar-refractivity contribution in [1.82, 2.24) is 0 Å². The van der Waals surface area contributed by atoms with Crippen molar-refractivity contribution in [3.63, 3.8) is 0 Å². The van der Waals surface area contributed by atoms with Gasteiger partial charge in [-0.3, -0.25) is 4.79 Å². The van der Waals surface area contributed by atoms with Crippen molar-refractivity contribution in [3.8, 4) is 0 Å². The Morgan fingerprint density at radius 1 is 1.06 bits per heavy atom. The van der Waals surface area contributed by atoms with Crippen molar-refractivity contribution < 1.29 is 18.0 Å². The molecule has 0 aliphatic carbocycles. The monoisotopic (exact) mass is 278 g/mol. The maximum absolute atomic E-state index is 12.3. The molecule has 1 aromatic carbocycles. The fourth-order valence-corrected chi connectivity index (χ4v) is 1.74. The average Bonchev–Trinajstić information content (AvgIpc) is 2.33. The van der Waals surface area contributed by atoms with Crippen molar-refractivity contribution in [2.24, 2.45) is 0 Å². The van der Waals surface area contributed by atoms with Gasteiger partial charge < -0.3 is 0 Å². The minimum Gasteiger partial charge on any atom is -0.294 e. The number of Topliss-reactive ketones (excluding diaryl/α,β-unsaturated/α-hetero) is 1. The van der Waals surface area contributed by atoms with Crippen LogP contribution in [0.15, 0.2) is 24.3 Å². The third-order valence-electron chi connectivity index (χ3n) is 2.57. The van der Waals surface area contributed by atoms with Gasteiger partial charge in [0.25, 0.3) is 0 Å². The number of alkyl halides is 4. The Kier molecular flexibility index (Phi) is 5.66. The van der Waals surface area contributed by atoms with E-state index in [1.165, 1.54) is 12.1 Å². The zero-order valence-corrected chi connectivity index (χ0v) is 10.5. The van der Waals surface area contributed by atoms with E-state index in [1.54, 1.807) is 0 Å². The first kappa shape index (κ1) is 15.0. The topological polar surface area (TPSA) is 17.1 Å². The maximum Gasteiger partial charge on any atom is 0.416 e. The van der Waals surface area contributed by atoms with Gasteiger partial charge in [-0.2, -0.15) is 13.2 Å². The predicted molar refractivity (Wildman–Crippen MR) is 65.0 cm³/mol. The smallest absolute Gasteiger partial charge is 0.294 e. The van der Waals surface area contributed by atoms with Gasteiger partial charge in [-0.25, -0.2) is 0 Å². The fraction of sp³-hybridized carbons (Fsp3) is 0.462. The number of halogens is 4. The molecular formula is C13H14ClF3O. The summed E-state index contributed by atoms with van der Waals surface area (Å²) in [6.07, 6.45) is -1.59. The highest BCUT2D eigenvalue weighted by Gasteiger charge is 2.30.